The van der Waals surface area contributed by atoms with Gasteiger partial charge in [0.1, 0.15) is 6.10 Å². The molecule has 0 amide bonds. The minimum Gasteiger partial charge on any atom is -0.479 e. The van der Waals surface area contributed by atoms with Gasteiger partial charge in [0.15, 0.2) is 5.22 Å². The van der Waals surface area contributed by atoms with Crippen LogP contribution in [0, 0.1) is 29.6 Å². The quantitative estimate of drug-likeness (QED) is 0.521. The molecule has 0 N–H and O–H groups in total. The number of rotatable bonds is 3. The molecular formula is C20H25ClO. The highest BCUT2D eigenvalue weighted by Crippen LogP contribution is 2.36. The van der Waals surface area contributed by atoms with Gasteiger partial charge in [0, 0.05) is 11.6 Å². The van der Waals surface area contributed by atoms with Gasteiger partial charge < -0.3 is 4.74 Å². The average molecular weight is 317 g/mol. The van der Waals surface area contributed by atoms with E-state index in [9.17, 15) is 0 Å². The molecule has 1 aromatic rings. The number of ether oxygens (including phenoxy) is 1. The molecule has 1 saturated carbocycles. The van der Waals surface area contributed by atoms with Crippen molar-refractivity contribution in [2.45, 2.75) is 46.1 Å². The summed E-state index contributed by atoms with van der Waals surface area (Å²) in [6.07, 6.45) is 5.48. The fourth-order valence-electron chi connectivity index (χ4n) is 3.13. The van der Waals surface area contributed by atoms with E-state index >= 15 is 0 Å². The SMILES string of the molecule is CC(C)[C@H]1CC[C@H](C)CC1O/C(Cl)=C\C#Cc1ccccc1. The van der Waals surface area contributed by atoms with Crippen molar-refractivity contribution in [2.24, 2.45) is 17.8 Å². The molecule has 2 heteroatoms. The van der Waals surface area contributed by atoms with Crippen LogP contribution >= 0.6 is 11.6 Å². The topological polar surface area (TPSA) is 9.23 Å². The Morgan fingerprint density at radius 1 is 1.27 bits per heavy atom. The Bertz CT molecular complexity index is 550. The van der Waals surface area contributed by atoms with Crippen LogP contribution in [0.25, 0.3) is 0 Å². The zero-order chi connectivity index (χ0) is 15.9. The maximum atomic E-state index is 6.23. The summed E-state index contributed by atoms with van der Waals surface area (Å²) in [4.78, 5) is 0. The Kier molecular flexibility index (Phi) is 6.40. The summed E-state index contributed by atoms with van der Waals surface area (Å²) in [5.41, 5.74) is 0.981. The van der Waals surface area contributed by atoms with Gasteiger partial charge in [-0.05, 0) is 54.3 Å². The van der Waals surface area contributed by atoms with Crippen molar-refractivity contribution in [3.8, 4) is 11.8 Å². The minimum atomic E-state index is 0.214. The zero-order valence-electron chi connectivity index (χ0n) is 13.7. The Morgan fingerprint density at radius 2 is 2.00 bits per heavy atom. The number of halogens is 1. The van der Waals surface area contributed by atoms with Crippen molar-refractivity contribution < 1.29 is 4.74 Å². The van der Waals surface area contributed by atoms with Crippen LogP contribution in [0.1, 0.15) is 45.6 Å². The second kappa shape index (κ2) is 8.30. The average Bonchev–Trinajstić information content (AvgIpc) is 2.48. The smallest absolute Gasteiger partial charge is 0.195 e. The van der Waals surface area contributed by atoms with Gasteiger partial charge in [-0.25, -0.2) is 0 Å². The van der Waals surface area contributed by atoms with E-state index in [0.717, 1.165) is 12.0 Å². The van der Waals surface area contributed by atoms with Gasteiger partial charge in [0.2, 0.25) is 0 Å². The van der Waals surface area contributed by atoms with Gasteiger partial charge >= 0.3 is 0 Å². The summed E-state index contributed by atoms with van der Waals surface area (Å²) in [5.74, 6) is 7.96. The zero-order valence-corrected chi connectivity index (χ0v) is 14.4. The summed E-state index contributed by atoms with van der Waals surface area (Å²) in [6.45, 7) is 6.83. The normalized spacial score (nSPS) is 25.5. The second-order valence-electron chi connectivity index (χ2n) is 6.57. The molecule has 118 valence electrons. The van der Waals surface area contributed by atoms with Gasteiger partial charge in [-0.2, -0.15) is 0 Å². The Morgan fingerprint density at radius 3 is 2.68 bits per heavy atom. The maximum absolute atomic E-state index is 6.23. The summed E-state index contributed by atoms with van der Waals surface area (Å²) in [7, 11) is 0. The van der Waals surface area contributed by atoms with Crippen LogP contribution in [0.3, 0.4) is 0 Å². The number of hydrogen-bond acceptors (Lipinski definition) is 1. The third-order valence-corrected chi connectivity index (χ3v) is 4.60. The van der Waals surface area contributed by atoms with Gasteiger partial charge in [0.25, 0.3) is 0 Å². The summed E-state index contributed by atoms with van der Waals surface area (Å²) in [5, 5.41) is 0.410. The minimum absolute atomic E-state index is 0.214. The van der Waals surface area contributed by atoms with Crippen LogP contribution in [-0.4, -0.2) is 6.10 Å². The van der Waals surface area contributed by atoms with Gasteiger partial charge in [-0.3, -0.25) is 0 Å². The Balaban J connectivity index is 1.98. The first-order valence-electron chi connectivity index (χ1n) is 8.15. The Hall–Kier alpha value is -1.39. The second-order valence-corrected chi connectivity index (χ2v) is 6.94. The van der Waals surface area contributed by atoms with Crippen molar-refractivity contribution in [2.75, 3.05) is 0 Å². The van der Waals surface area contributed by atoms with Crippen molar-refractivity contribution in [1.82, 2.24) is 0 Å². The van der Waals surface area contributed by atoms with Crippen LogP contribution in [-0.2, 0) is 4.74 Å². The van der Waals surface area contributed by atoms with Crippen LogP contribution in [0.5, 0.6) is 0 Å². The highest BCUT2D eigenvalue weighted by molar-refractivity contribution is 6.28. The van der Waals surface area contributed by atoms with E-state index in [4.69, 9.17) is 16.3 Å². The molecule has 1 aromatic carbocycles. The molecule has 0 radical (unpaired) electrons. The molecule has 1 fully saturated rings. The van der Waals surface area contributed by atoms with E-state index in [0.29, 0.717) is 23.0 Å². The Labute approximate surface area is 139 Å². The van der Waals surface area contributed by atoms with Crippen LogP contribution in [0.4, 0.5) is 0 Å². The van der Waals surface area contributed by atoms with E-state index in [1.807, 2.05) is 30.3 Å². The molecule has 1 aliphatic rings. The highest BCUT2D eigenvalue weighted by atomic mass is 35.5. The standard InChI is InChI=1S/C20H25ClO/c1-15(2)18-13-12-16(3)14-19(18)22-20(21)11-7-10-17-8-5-4-6-9-17/h4-6,8-9,11,15-16,18-19H,12-14H2,1-3H3/b20-11-/t16-,18+,19?/m0/s1. The lowest BCUT2D eigenvalue weighted by atomic mass is 9.75. The largest absolute Gasteiger partial charge is 0.479 e. The molecular weight excluding hydrogens is 292 g/mol. The first-order valence-corrected chi connectivity index (χ1v) is 8.53. The summed E-state index contributed by atoms with van der Waals surface area (Å²) < 4.78 is 6.00. The fourth-order valence-corrected chi connectivity index (χ4v) is 3.30. The number of benzene rings is 1. The number of hydrogen-bond donors (Lipinski definition) is 0. The first kappa shape index (κ1) is 17.0. The predicted molar refractivity (Wildman–Crippen MR) is 93.5 cm³/mol. The van der Waals surface area contributed by atoms with Crippen molar-refractivity contribution >= 4 is 11.6 Å². The maximum Gasteiger partial charge on any atom is 0.195 e. The third kappa shape index (κ3) is 5.11. The summed E-state index contributed by atoms with van der Waals surface area (Å²) in [6, 6.07) is 9.89. The van der Waals surface area contributed by atoms with Crippen LogP contribution in [0.2, 0.25) is 0 Å². The van der Waals surface area contributed by atoms with E-state index < -0.39 is 0 Å². The van der Waals surface area contributed by atoms with Crippen LogP contribution in [0.15, 0.2) is 41.6 Å². The molecule has 1 aliphatic carbocycles. The van der Waals surface area contributed by atoms with E-state index in [2.05, 4.69) is 32.6 Å². The third-order valence-electron chi connectivity index (χ3n) is 4.40. The van der Waals surface area contributed by atoms with Crippen molar-refractivity contribution in [3.63, 3.8) is 0 Å². The van der Waals surface area contributed by atoms with E-state index in [1.54, 1.807) is 6.08 Å². The molecule has 0 heterocycles. The lowest BCUT2D eigenvalue weighted by Crippen LogP contribution is -2.33. The molecule has 1 unspecified atom stereocenters. The molecule has 0 aliphatic heterocycles. The van der Waals surface area contributed by atoms with Gasteiger partial charge in [-0.15, -0.1) is 0 Å². The van der Waals surface area contributed by atoms with E-state index in [1.165, 1.54) is 12.8 Å². The first-order chi connectivity index (χ1) is 10.6. The van der Waals surface area contributed by atoms with Crippen LogP contribution < -0.4 is 0 Å². The number of allylic oxidation sites excluding steroid dienone is 1. The van der Waals surface area contributed by atoms with Gasteiger partial charge in [0.05, 0.1) is 0 Å². The van der Waals surface area contributed by atoms with E-state index in [-0.39, 0.29) is 6.10 Å². The van der Waals surface area contributed by atoms with Gasteiger partial charge in [-0.1, -0.05) is 57.2 Å². The van der Waals surface area contributed by atoms with Crippen molar-refractivity contribution in [1.29, 1.82) is 0 Å². The molecule has 0 spiro atoms. The molecule has 0 bridgehead atoms. The molecule has 1 nitrogen and oxygen atoms in total. The highest BCUT2D eigenvalue weighted by Gasteiger charge is 2.32. The molecule has 0 saturated heterocycles. The molecule has 22 heavy (non-hydrogen) atoms. The molecule has 2 rings (SSSR count). The molecule has 0 aromatic heterocycles. The lowest BCUT2D eigenvalue weighted by molar-refractivity contribution is 0.00816. The fraction of sp³-hybridized carbons (Fsp3) is 0.500. The monoisotopic (exact) mass is 316 g/mol. The summed E-state index contributed by atoms with van der Waals surface area (Å²) >= 11 is 6.23. The predicted octanol–water partition coefficient (Wildman–Crippen LogP) is 5.60. The lowest BCUT2D eigenvalue weighted by Gasteiger charge is -2.37. The molecule has 3 atom stereocenters. The van der Waals surface area contributed by atoms with Crippen molar-refractivity contribution in [3.05, 3.63) is 47.2 Å².